The molecule has 1 nitrogen and oxygen atoms in total. The van der Waals surface area contributed by atoms with Crippen molar-refractivity contribution in [1.29, 1.82) is 0 Å². The highest BCUT2D eigenvalue weighted by Crippen LogP contribution is 2.28. The van der Waals surface area contributed by atoms with Gasteiger partial charge < -0.3 is 5.32 Å². The van der Waals surface area contributed by atoms with Gasteiger partial charge in [-0.3, -0.25) is 0 Å². The van der Waals surface area contributed by atoms with Crippen LogP contribution in [-0.2, 0) is 0 Å². The van der Waals surface area contributed by atoms with Crippen molar-refractivity contribution >= 4 is 0 Å². The lowest BCUT2D eigenvalue weighted by molar-refractivity contribution is 0.266. The van der Waals surface area contributed by atoms with E-state index in [1.807, 2.05) is 0 Å². The molecule has 1 saturated carbocycles. The van der Waals surface area contributed by atoms with Gasteiger partial charge in [0.2, 0.25) is 0 Å². The molecule has 0 amide bonds. The van der Waals surface area contributed by atoms with E-state index in [1.165, 1.54) is 44.9 Å². The van der Waals surface area contributed by atoms with E-state index in [-0.39, 0.29) is 0 Å². The van der Waals surface area contributed by atoms with Crippen molar-refractivity contribution in [3.05, 3.63) is 0 Å². The Labute approximate surface area is 89.7 Å². The van der Waals surface area contributed by atoms with Crippen LogP contribution in [0.4, 0.5) is 0 Å². The van der Waals surface area contributed by atoms with Gasteiger partial charge in [0.25, 0.3) is 0 Å². The summed E-state index contributed by atoms with van der Waals surface area (Å²) in [6, 6.07) is 1.47. The Kier molecular flexibility index (Phi) is 5.54. The molecular formula is C13H27N. The van der Waals surface area contributed by atoms with Crippen LogP contribution in [0, 0.1) is 5.92 Å². The van der Waals surface area contributed by atoms with Crippen LogP contribution in [0.1, 0.15) is 65.7 Å². The number of rotatable bonds is 5. The van der Waals surface area contributed by atoms with Gasteiger partial charge in [-0.2, -0.15) is 0 Å². The molecule has 0 heterocycles. The highest BCUT2D eigenvalue weighted by atomic mass is 14.9. The second-order valence-electron chi connectivity index (χ2n) is 5.18. The SMILES string of the molecule is CCCCC1CCC(NC(C)C)CC1. The minimum atomic E-state index is 0.659. The monoisotopic (exact) mass is 197 g/mol. The number of nitrogens with one attached hydrogen (secondary N) is 1. The summed E-state index contributed by atoms with van der Waals surface area (Å²) in [4.78, 5) is 0. The molecule has 1 fully saturated rings. The normalized spacial score (nSPS) is 28.3. The summed E-state index contributed by atoms with van der Waals surface area (Å²) < 4.78 is 0. The van der Waals surface area contributed by atoms with E-state index in [1.54, 1.807) is 0 Å². The maximum absolute atomic E-state index is 3.66. The summed E-state index contributed by atoms with van der Waals surface area (Å²) in [7, 11) is 0. The van der Waals surface area contributed by atoms with Crippen LogP contribution in [0.5, 0.6) is 0 Å². The fraction of sp³-hybridized carbons (Fsp3) is 1.00. The Morgan fingerprint density at radius 2 is 1.79 bits per heavy atom. The van der Waals surface area contributed by atoms with E-state index < -0.39 is 0 Å². The predicted octanol–water partition coefficient (Wildman–Crippen LogP) is 3.73. The van der Waals surface area contributed by atoms with Gasteiger partial charge in [-0.05, 0) is 31.6 Å². The third kappa shape index (κ3) is 4.45. The molecule has 0 aliphatic heterocycles. The van der Waals surface area contributed by atoms with Gasteiger partial charge in [-0.1, -0.05) is 40.0 Å². The van der Waals surface area contributed by atoms with Crippen molar-refractivity contribution in [3.63, 3.8) is 0 Å². The summed E-state index contributed by atoms with van der Waals surface area (Å²) in [5.41, 5.74) is 0. The Hall–Kier alpha value is -0.0400. The molecule has 0 bridgehead atoms. The van der Waals surface area contributed by atoms with Gasteiger partial charge in [0.1, 0.15) is 0 Å². The molecule has 1 aliphatic carbocycles. The Balaban J connectivity index is 2.11. The second-order valence-corrected chi connectivity index (χ2v) is 5.18. The lowest BCUT2D eigenvalue weighted by atomic mass is 9.83. The van der Waals surface area contributed by atoms with Crippen molar-refractivity contribution < 1.29 is 0 Å². The molecule has 0 unspecified atom stereocenters. The smallest absolute Gasteiger partial charge is 0.00696 e. The summed E-state index contributed by atoms with van der Waals surface area (Å²) in [6.45, 7) is 6.80. The molecular weight excluding hydrogens is 170 g/mol. The lowest BCUT2D eigenvalue weighted by Crippen LogP contribution is -2.37. The molecule has 1 heteroatoms. The molecule has 0 aromatic heterocycles. The third-order valence-corrected chi connectivity index (χ3v) is 3.38. The van der Waals surface area contributed by atoms with E-state index in [4.69, 9.17) is 0 Å². The van der Waals surface area contributed by atoms with Crippen molar-refractivity contribution in [3.8, 4) is 0 Å². The average Bonchev–Trinajstić information content (AvgIpc) is 2.16. The number of unbranched alkanes of at least 4 members (excludes halogenated alkanes) is 1. The van der Waals surface area contributed by atoms with Crippen molar-refractivity contribution in [2.75, 3.05) is 0 Å². The first-order chi connectivity index (χ1) is 6.72. The molecule has 0 radical (unpaired) electrons. The summed E-state index contributed by atoms with van der Waals surface area (Å²) in [5.74, 6) is 1.04. The van der Waals surface area contributed by atoms with Crippen LogP contribution in [-0.4, -0.2) is 12.1 Å². The van der Waals surface area contributed by atoms with Gasteiger partial charge >= 0.3 is 0 Å². The molecule has 84 valence electrons. The fourth-order valence-electron chi connectivity index (χ4n) is 2.58. The zero-order chi connectivity index (χ0) is 10.4. The molecule has 0 atom stereocenters. The quantitative estimate of drug-likeness (QED) is 0.708. The standard InChI is InChI=1S/C13H27N/c1-4-5-6-12-7-9-13(10-8-12)14-11(2)3/h11-14H,4-10H2,1-3H3. The predicted molar refractivity (Wildman–Crippen MR) is 63.5 cm³/mol. The molecule has 0 aromatic rings. The van der Waals surface area contributed by atoms with Gasteiger partial charge in [0, 0.05) is 12.1 Å². The van der Waals surface area contributed by atoms with Crippen molar-refractivity contribution in [1.82, 2.24) is 5.32 Å². The lowest BCUT2D eigenvalue weighted by Gasteiger charge is -2.30. The summed E-state index contributed by atoms with van der Waals surface area (Å²) in [6.07, 6.45) is 10.0. The first-order valence-electron chi connectivity index (χ1n) is 6.48. The van der Waals surface area contributed by atoms with Crippen LogP contribution < -0.4 is 5.32 Å². The van der Waals surface area contributed by atoms with E-state index in [0.717, 1.165) is 12.0 Å². The zero-order valence-electron chi connectivity index (χ0n) is 10.2. The maximum atomic E-state index is 3.66. The van der Waals surface area contributed by atoms with E-state index >= 15 is 0 Å². The van der Waals surface area contributed by atoms with Crippen LogP contribution >= 0.6 is 0 Å². The summed E-state index contributed by atoms with van der Waals surface area (Å²) in [5, 5.41) is 3.66. The van der Waals surface area contributed by atoms with Crippen LogP contribution in [0.3, 0.4) is 0 Å². The van der Waals surface area contributed by atoms with E-state index in [2.05, 4.69) is 26.1 Å². The van der Waals surface area contributed by atoms with Gasteiger partial charge in [0.15, 0.2) is 0 Å². The first-order valence-corrected chi connectivity index (χ1v) is 6.48. The molecule has 1 aliphatic rings. The Morgan fingerprint density at radius 3 is 2.29 bits per heavy atom. The minimum Gasteiger partial charge on any atom is -0.312 e. The Morgan fingerprint density at radius 1 is 1.14 bits per heavy atom. The first kappa shape index (κ1) is 12.0. The topological polar surface area (TPSA) is 12.0 Å². The molecule has 0 saturated heterocycles. The Bertz CT molecular complexity index is 134. The zero-order valence-corrected chi connectivity index (χ0v) is 10.2. The van der Waals surface area contributed by atoms with Gasteiger partial charge in [0.05, 0.1) is 0 Å². The molecule has 0 aromatic carbocycles. The van der Waals surface area contributed by atoms with Crippen LogP contribution in [0.25, 0.3) is 0 Å². The highest BCUT2D eigenvalue weighted by Gasteiger charge is 2.20. The highest BCUT2D eigenvalue weighted by molar-refractivity contribution is 4.78. The largest absolute Gasteiger partial charge is 0.312 e. The number of hydrogen-bond acceptors (Lipinski definition) is 1. The molecule has 1 N–H and O–H groups in total. The fourth-order valence-corrected chi connectivity index (χ4v) is 2.58. The van der Waals surface area contributed by atoms with Crippen LogP contribution in [0.2, 0.25) is 0 Å². The second kappa shape index (κ2) is 6.44. The third-order valence-electron chi connectivity index (χ3n) is 3.38. The molecule has 14 heavy (non-hydrogen) atoms. The van der Waals surface area contributed by atoms with Crippen LogP contribution in [0.15, 0.2) is 0 Å². The number of hydrogen-bond donors (Lipinski definition) is 1. The van der Waals surface area contributed by atoms with E-state index in [0.29, 0.717) is 6.04 Å². The maximum Gasteiger partial charge on any atom is 0.00696 e. The van der Waals surface area contributed by atoms with Crippen molar-refractivity contribution in [2.24, 2.45) is 5.92 Å². The molecule has 1 rings (SSSR count). The molecule has 0 spiro atoms. The average molecular weight is 197 g/mol. The van der Waals surface area contributed by atoms with E-state index in [9.17, 15) is 0 Å². The minimum absolute atomic E-state index is 0.659. The van der Waals surface area contributed by atoms with Crippen molar-refractivity contribution in [2.45, 2.75) is 77.8 Å². The van der Waals surface area contributed by atoms with Gasteiger partial charge in [-0.25, -0.2) is 0 Å². The van der Waals surface area contributed by atoms with Gasteiger partial charge in [-0.15, -0.1) is 0 Å². The summed E-state index contributed by atoms with van der Waals surface area (Å²) >= 11 is 0.